The molecule has 0 fully saturated rings. The van der Waals surface area contributed by atoms with Gasteiger partial charge < -0.3 is 10.1 Å². The summed E-state index contributed by atoms with van der Waals surface area (Å²) in [6.45, 7) is 6.92. The molecule has 0 aliphatic rings. The number of carbonyl (C=O) groups is 2. The Morgan fingerprint density at radius 1 is 1.35 bits per heavy atom. The van der Waals surface area contributed by atoms with Crippen LogP contribution in [0.25, 0.3) is 0 Å². The lowest BCUT2D eigenvalue weighted by Gasteiger charge is -2.31. The van der Waals surface area contributed by atoms with Crippen molar-refractivity contribution in [2.24, 2.45) is 5.92 Å². The van der Waals surface area contributed by atoms with E-state index >= 15 is 0 Å². The molecule has 0 radical (unpaired) electrons. The van der Waals surface area contributed by atoms with E-state index in [1.165, 1.54) is 7.11 Å². The Morgan fingerprint density at radius 3 is 2.35 bits per heavy atom. The fraction of sp³-hybridized carbons (Fsp3) is 0.833. The van der Waals surface area contributed by atoms with Crippen molar-refractivity contribution < 1.29 is 14.3 Å². The van der Waals surface area contributed by atoms with E-state index in [0.717, 1.165) is 13.0 Å². The zero-order chi connectivity index (χ0) is 13.4. The molecule has 0 aromatic heterocycles. The molecule has 1 amide bonds. The maximum Gasteiger partial charge on any atom is 0.309 e. The van der Waals surface area contributed by atoms with Crippen LogP contribution in [-0.4, -0.2) is 50.1 Å². The third-order valence-corrected chi connectivity index (χ3v) is 3.01. The van der Waals surface area contributed by atoms with E-state index in [1.807, 2.05) is 25.7 Å². The standard InChI is InChI=1S/C12H24N2O3/c1-6-7-14(8-11(15)13-4)10(3)9(2)12(16)17-5/h9-10H,6-8H2,1-5H3,(H,13,15). The maximum atomic E-state index is 11.5. The van der Waals surface area contributed by atoms with Crippen LogP contribution < -0.4 is 5.32 Å². The molecule has 5 nitrogen and oxygen atoms in total. The van der Waals surface area contributed by atoms with Crippen molar-refractivity contribution in [1.29, 1.82) is 0 Å². The molecule has 0 aliphatic carbocycles. The molecule has 0 aromatic rings. The highest BCUT2D eigenvalue weighted by atomic mass is 16.5. The smallest absolute Gasteiger partial charge is 0.309 e. The normalized spacial score (nSPS) is 14.2. The zero-order valence-corrected chi connectivity index (χ0v) is 11.4. The van der Waals surface area contributed by atoms with E-state index in [9.17, 15) is 9.59 Å². The monoisotopic (exact) mass is 244 g/mol. The summed E-state index contributed by atoms with van der Waals surface area (Å²) >= 11 is 0. The summed E-state index contributed by atoms with van der Waals surface area (Å²) in [6.07, 6.45) is 0.940. The zero-order valence-electron chi connectivity index (χ0n) is 11.4. The van der Waals surface area contributed by atoms with Gasteiger partial charge in [0.05, 0.1) is 19.6 Å². The van der Waals surface area contributed by atoms with Crippen molar-refractivity contribution in [3.63, 3.8) is 0 Å². The molecule has 0 heterocycles. The van der Waals surface area contributed by atoms with Crippen LogP contribution >= 0.6 is 0 Å². The van der Waals surface area contributed by atoms with E-state index in [0.29, 0.717) is 6.54 Å². The molecule has 100 valence electrons. The van der Waals surface area contributed by atoms with Crippen molar-refractivity contribution in [2.75, 3.05) is 27.2 Å². The van der Waals surface area contributed by atoms with E-state index in [4.69, 9.17) is 4.74 Å². The average Bonchev–Trinajstić information content (AvgIpc) is 2.35. The molecule has 0 aromatic carbocycles. The fourth-order valence-corrected chi connectivity index (χ4v) is 1.68. The number of nitrogens with zero attached hydrogens (tertiary/aromatic N) is 1. The van der Waals surface area contributed by atoms with Gasteiger partial charge in [0.1, 0.15) is 0 Å². The van der Waals surface area contributed by atoms with Crippen molar-refractivity contribution >= 4 is 11.9 Å². The minimum Gasteiger partial charge on any atom is -0.469 e. The molecule has 0 rings (SSSR count). The van der Waals surface area contributed by atoms with Gasteiger partial charge in [0, 0.05) is 13.1 Å². The van der Waals surface area contributed by atoms with Crippen LogP contribution in [0.15, 0.2) is 0 Å². The van der Waals surface area contributed by atoms with Gasteiger partial charge in [0.2, 0.25) is 5.91 Å². The molecule has 0 saturated heterocycles. The van der Waals surface area contributed by atoms with Crippen LogP contribution in [0, 0.1) is 5.92 Å². The van der Waals surface area contributed by atoms with E-state index in [-0.39, 0.29) is 23.8 Å². The predicted octanol–water partition coefficient (Wildman–Crippen LogP) is 0.642. The van der Waals surface area contributed by atoms with Crippen LogP contribution in [0.3, 0.4) is 0 Å². The minimum atomic E-state index is -0.240. The molecule has 0 spiro atoms. The molecule has 2 unspecified atom stereocenters. The fourth-order valence-electron chi connectivity index (χ4n) is 1.68. The highest BCUT2D eigenvalue weighted by Gasteiger charge is 2.26. The number of carbonyl (C=O) groups excluding carboxylic acids is 2. The number of methoxy groups -OCH3 is 1. The number of rotatable bonds is 7. The third kappa shape index (κ3) is 5.17. The summed E-state index contributed by atoms with van der Waals surface area (Å²) in [5.41, 5.74) is 0. The predicted molar refractivity (Wildman–Crippen MR) is 66.6 cm³/mol. The molecule has 2 atom stereocenters. The van der Waals surface area contributed by atoms with Gasteiger partial charge in [0.25, 0.3) is 0 Å². The largest absolute Gasteiger partial charge is 0.469 e. The lowest BCUT2D eigenvalue weighted by molar-refractivity contribution is -0.147. The first-order chi connectivity index (χ1) is 7.97. The van der Waals surface area contributed by atoms with E-state index in [2.05, 4.69) is 5.32 Å². The van der Waals surface area contributed by atoms with Gasteiger partial charge in [-0.15, -0.1) is 0 Å². The van der Waals surface area contributed by atoms with Crippen LogP contribution in [0.2, 0.25) is 0 Å². The quantitative estimate of drug-likeness (QED) is 0.668. The molecule has 1 N–H and O–H groups in total. The Morgan fingerprint density at radius 2 is 1.94 bits per heavy atom. The summed E-state index contributed by atoms with van der Waals surface area (Å²) in [5.74, 6) is -0.519. The third-order valence-electron chi connectivity index (χ3n) is 3.01. The Balaban J connectivity index is 4.57. The minimum absolute atomic E-state index is 0.0142. The highest BCUT2D eigenvalue weighted by Crippen LogP contribution is 2.12. The number of esters is 1. The molecule has 17 heavy (non-hydrogen) atoms. The van der Waals surface area contributed by atoms with Gasteiger partial charge in [-0.1, -0.05) is 13.8 Å². The topological polar surface area (TPSA) is 58.6 Å². The van der Waals surface area contributed by atoms with Gasteiger partial charge in [0.15, 0.2) is 0 Å². The molecule has 0 aliphatic heterocycles. The Labute approximate surface area is 103 Å². The number of likely N-dealkylation sites (N-methyl/N-ethyl adjacent to an activating group) is 1. The second kappa shape index (κ2) is 8.06. The van der Waals surface area contributed by atoms with Gasteiger partial charge in [-0.05, 0) is 19.9 Å². The highest BCUT2D eigenvalue weighted by molar-refractivity contribution is 5.78. The van der Waals surface area contributed by atoms with Crippen LogP contribution in [0.1, 0.15) is 27.2 Å². The average molecular weight is 244 g/mol. The Kier molecular flexibility index (Phi) is 7.54. The van der Waals surface area contributed by atoms with Crippen molar-refractivity contribution in [1.82, 2.24) is 10.2 Å². The SMILES string of the molecule is CCCN(CC(=O)NC)C(C)C(C)C(=O)OC. The van der Waals surface area contributed by atoms with Crippen molar-refractivity contribution in [3.05, 3.63) is 0 Å². The van der Waals surface area contributed by atoms with Crippen molar-refractivity contribution in [2.45, 2.75) is 33.2 Å². The first kappa shape index (κ1) is 15.9. The molecular formula is C12H24N2O3. The summed E-state index contributed by atoms with van der Waals surface area (Å²) in [4.78, 5) is 24.9. The maximum absolute atomic E-state index is 11.5. The van der Waals surface area contributed by atoms with Gasteiger partial charge >= 0.3 is 5.97 Å². The van der Waals surface area contributed by atoms with Gasteiger partial charge in [-0.2, -0.15) is 0 Å². The molecule has 5 heteroatoms. The van der Waals surface area contributed by atoms with Crippen LogP contribution in [-0.2, 0) is 14.3 Å². The van der Waals surface area contributed by atoms with Crippen molar-refractivity contribution in [3.8, 4) is 0 Å². The Bertz CT molecular complexity index is 256. The first-order valence-electron chi connectivity index (χ1n) is 6.00. The van der Waals surface area contributed by atoms with Gasteiger partial charge in [-0.25, -0.2) is 0 Å². The summed E-state index contributed by atoms with van der Waals surface area (Å²) in [7, 11) is 3.00. The molecule has 0 bridgehead atoms. The summed E-state index contributed by atoms with van der Waals surface area (Å²) in [5, 5.41) is 2.59. The number of amides is 1. The van der Waals surface area contributed by atoms with Crippen LogP contribution in [0.4, 0.5) is 0 Å². The number of nitrogens with one attached hydrogen (secondary N) is 1. The Hall–Kier alpha value is -1.10. The molecular weight excluding hydrogens is 220 g/mol. The van der Waals surface area contributed by atoms with Gasteiger partial charge in [-0.3, -0.25) is 14.5 Å². The lowest BCUT2D eigenvalue weighted by atomic mass is 10.0. The number of hydrogen-bond donors (Lipinski definition) is 1. The van der Waals surface area contributed by atoms with E-state index < -0.39 is 0 Å². The lowest BCUT2D eigenvalue weighted by Crippen LogP contribution is -2.45. The van der Waals surface area contributed by atoms with Crippen LogP contribution in [0.5, 0.6) is 0 Å². The number of hydrogen-bond acceptors (Lipinski definition) is 4. The molecule has 0 saturated carbocycles. The summed E-state index contributed by atoms with van der Waals surface area (Å²) in [6, 6.07) is -0.0142. The summed E-state index contributed by atoms with van der Waals surface area (Å²) < 4.78 is 4.73. The number of ether oxygens (including phenoxy) is 1. The second-order valence-electron chi connectivity index (χ2n) is 4.20. The first-order valence-corrected chi connectivity index (χ1v) is 6.00. The van der Waals surface area contributed by atoms with E-state index in [1.54, 1.807) is 7.05 Å². The second-order valence-corrected chi connectivity index (χ2v) is 4.20.